The topological polar surface area (TPSA) is 103 Å². The number of carbonyl (C=O) groups is 1. The molecule has 1 fully saturated rings. The largest absolute Gasteiger partial charge is 0.367 e. The molecule has 9 nitrogen and oxygen atoms in total. The fourth-order valence-corrected chi connectivity index (χ4v) is 3.99. The van der Waals surface area contributed by atoms with Crippen molar-refractivity contribution >= 4 is 34.7 Å². The van der Waals surface area contributed by atoms with Gasteiger partial charge in [-0.05, 0) is 62.9 Å². The quantitative estimate of drug-likeness (QED) is 0.247. The second-order valence-electron chi connectivity index (χ2n) is 9.01. The second kappa shape index (κ2) is 11.3. The zero-order valence-corrected chi connectivity index (χ0v) is 21.0. The number of halogens is 1. The van der Waals surface area contributed by atoms with Crippen LogP contribution in [0.2, 0.25) is 0 Å². The normalized spacial score (nSPS) is 14.0. The van der Waals surface area contributed by atoms with Gasteiger partial charge < -0.3 is 20.4 Å². The lowest BCUT2D eigenvalue weighted by Gasteiger charge is -2.34. The first-order chi connectivity index (χ1) is 17.3. The summed E-state index contributed by atoms with van der Waals surface area (Å²) in [5, 5.41) is 7.56. The Labute approximate surface area is 211 Å². The molecular formula is C26H33FN8O. The molecule has 1 aliphatic heterocycles. The third kappa shape index (κ3) is 6.07. The first-order valence-electron chi connectivity index (χ1n) is 12.1. The standard InChI is InChI=1S/C26H33FN8O/c1-4-11-35(28)25(36)19-5-7-20(8-6-19)30-24-18(2)17-29-26(32-24)31-21-9-10-23(22(27)16-21)34-14-12-33(3)13-15-34/h5-10,16-17H,4,11-15,28H2,1-3H3,(H2,29,30,31,32). The number of hydrogen-bond donors (Lipinski definition) is 3. The summed E-state index contributed by atoms with van der Waals surface area (Å²) in [6.07, 6.45) is 2.49. The Morgan fingerprint density at radius 2 is 1.78 bits per heavy atom. The van der Waals surface area contributed by atoms with Gasteiger partial charge in [0, 0.05) is 61.4 Å². The van der Waals surface area contributed by atoms with Crippen LogP contribution >= 0.6 is 0 Å². The maximum atomic E-state index is 14.9. The molecule has 4 rings (SSSR count). The summed E-state index contributed by atoms with van der Waals surface area (Å²) in [6.45, 7) is 7.78. The third-order valence-electron chi connectivity index (χ3n) is 6.14. The van der Waals surface area contributed by atoms with Crippen LogP contribution in [0.3, 0.4) is 0 Å². The molecule has 0 bridgehead atoms. The average Bonchev–Trinajstić information content (AvgIpc) is 2.87. The number of nitrogens with zero attached hydrogens (tertiary/aromatic N) is 5. The van der Waals surface area contributed by atoms with Crippen molar-refractivity contribution in [3.05, 3.63) is 65.6 Å². The molecule has 0 aliphatic carbocycles. The van der Waals surface area contributed by atoms with Gasteiger partial charge in [0.2, 0.25) is 5.95 Å². The van der Waals surface area contributed by atoms with Crippen LogP contribution in [-0.2, 0) is 0 Å². The molecule has 1 aliphatic rings. The van der Waals surface area contributed by atoms with Gasteiger partial charge in [0.25, 0.3) is 5.91 Å². The number of anilines is 5. The highest BCUT2D eigenvalue weighted by molar-refractivity contribution is 5.94. The van der Waals surface area contributed by atoms with Crippen LogP contribution in [0.1, 0.15) is 29.3 Å². The number of amides is 1. The molecule has 0 atom stereocenters. The van der Waals surface area contributed by atoms with Crippen molar-refractivity contribution in [2.24, 2.45) is 5.84 Å². The maximum absolute atomic E-state index is 14.9. The number of likely N-dealkylation sites (N-methyl/N-ethyl adjacent to an activating group) is 1. The predicted octanol–water partition coefficient (Wildman–Crippen LogP) is 3.89. The van der Waals surface area contributed by atoms with Crippen LogP contribution in [0.25, 0.3) is 0 Å². The van der Waals surface area contributed by atoms with Gasteiger partial charge >= 0.3 is 0 Å². The smallest absolute Gasteiger partial charge is 0.267 e. The molecule has 0 saturated carbocycles. The number of aromatic nitrogens is 2. The van der Waals surface area contributed by atoms with Crippen LogP contribution in [0.4, 0.5) is 33.2 Å². The summed E-state index contributed by atoms with van der Waals surface area (Å²) in [5.41, 5.74) is 3.30. The van der Waals surface area contributed by atoms with Crippen molar-refractivity contribution < 1.29 is 9.18 Å². The number of aryl methyl sites for hydroxylation is 1. The van der Waals surface area contributed by atoms with Crippen molar-refractivity contribution in [1.29, 1.82) is 0 Å². The number of nitrogens with one attached hydrogen (secondary N) is 2. The Balaban J connectivity index is 1.43. The first kappa shape index (κ1) is 25.3. The highest BCUT2D eigenvalue weighted by Crippen LogP contribution is 2.26. The van der Waals surface area contributed by atoms with E-state index in [0.717, 1.165) is 43.9 Å². The van der Waals surface area contributed by atoms with E-state index in [1.165, 1.54) is 11.1 Å². The molecule has 1 amide bonds. The SMILES string of the molecule is CCCN(N)C(=O)c1ccc(Nc2nc(Nc3ccc(N4CCN(C)CC4)c(F)c3)ncc2C)cc1. The molecule has 0 radical (unpaired) electrons. The molecule has 190 valence electrons. The van der Waals surface area contributed by atoms with E-state index >= 15 is 0 Å². The Kier molecular flexibility index (Phi) is 7.97. The lowest BCUT2D eigenvalue weighted by molar-refractivity contribution is 0.0755. The van der Waals surface area contributed by atoms with Crippen LogP contribution in [0.15, 0.2) is 48.7 Å². The number of piperazine rings is 1. The van der Waals surface area contributed by atoms with Crippen molar-refractivity contribution in [2.45, 2.75) is 20.3 Å². The third-order valence-corrected chi connectivity index (χ3v) is 6.14. The first-order valence-corrected chi connectivity index (χ1v) is 12.1. The van der Waals surface area contributed by atoms with E-state index in [-0.39, 0.29) is 11.7 Å². The van der Waals surface area contributed by atoms with Crippen LogP contribution in [-0.4, -0.2) is 65.6 Å². The van der Waals surface area contributed by atoms with E-state index in [1.807, 2.05) is 19.9 Å². The Bertz CT molecular complexity index is 1200. The minimum Gasteiger partial charge on any atom is -0.367 e. The van der Waals surface area contributed by atoms with Crippen molar-refractivity contribution in [2.75, 3.05) is 55.3 Å². The van der Waals surface area contributed by atoms with E-state index in [1.54, 1.807) is 36.5 Å². The molecule has 1 aromatic heterocycles. The summed E-state index contributed by atoms with van der Waals surface area (Å²) in [5.74, 6) is 6.25. The number of carbonyl (C=O) groups excluding carboxylic acids is 1. The molecule has 3 aromatic rings. The van der Waals surface area contributed by atoms with Crippen LogP contribution < -0.4 is 21.4 Å². The monoisotopic (exact) mass is 492 g/mol. The zero-order valence-electron chi connectivity index (χ0n) is 21.0. The van der Waals surface area contributed by atoms with Crippen molar-refractivity contribution in [3.63, 3.8) is 0 Å². The van der Waals surface area contributed by atoms with E-state index < -0.39 is 0 Å². The molecular weight excluding hydrogens is 459 g/mol. The van der Waals surface area contributed by atoms with Crippen molar-refractivity contribution in [1.82, 2.24) is 19.9 Å². The molecule has 2 heterocycles. The summed E-state index contributed by atoms with van der Waals surface area (Å²) >= 11 is 0. The molecule has 36 heavy (non-hydrogen) atoms. The van der Waals surface area contributed by atoms with Crippen LogP contribution in [0.5, 0.6) is 0 Å². The van der Waals surface area contributed by atoms with E-state index in [0.29, 0.717) is 35.2 Å². The Morgan fingerprint density at radius 1 is 1.08 bits per heavy atom. The van der Waals surface area contributed by atoms with Gasteiger partial charge in [-0.3, -0.25) is 9.80 Å². The fraction of sp³-hybridized carbons (Fsp3) is 0.346. The highest BCUT2D eigenvalue weighted by atomic mass is 19.1. The molecule has 0 unspecified atom stereocenters. The highest BCUT2D eigenvalue weighted by Gasteiger charge is 2.18. The van der Waals surface area contributed by atoms with Gasteiger partial charge in [0.05, 0.1) is 5.69 Å². The molecule has 0 spiro atoms. The van der Waals surface area contributed by atoms with Crippen molar-refractivity contribution in [3.8, 4) is 0 Å². The number of nitrogens with two attached hydrogens (primary N) is 1. The maximum Gasteiger partial charge on any atom is 0.267 e. The number of rotatable bonds is 8. The number of hydrogen-bond acceptors (Lipinski definition) is 8. The van der Waals surface area contributed by atoms with Gasteiger partial charge in [0.1, 0.15) is 11.6 Å². The van der Waals surface area contributed by atoms with E-state index in [4.69, 9.17) is 5.84 Å². The van der Waals surface area contributed by atoms with Gasteiger partial charge in [-0.15, -0.1) is 0 Å². The van der Waals surface area contributed by atoms with Gasteiger partial charge in [0.15, 0.2) is 0 Å². The second-order valence-corrected chi connectivity index (χ2v) is 9.01. The van der Waals surface area contributed by atoms with Gasteiger partial charge in [-0.1, -0.05) is 6.92 Å². The molecule has 4 N–H and O–H groups in total. The average molecular weight is 493 g/mol. The lowest BCUT2D eigenvalue weighted by atomic mass is 10.2. The Hall–Kier alpha value is -3.76. The summed E-state index contributed by atoms with van der Waals surface area (Å²) in [6, 6.07) is 12.1. The van der Waals surface area contributed by atoms with E-state index in [2.05, 4.69) is 37.4 Å². The minimum atomic E-state index is -0.278. The lowest BCUT2D eigenvalue weighted by Crippen LogP contribution is -2.44. The van der Waals surface area contributed by atoms with Gasteiger partial charge in [-0.2, -0.15) is 4.98 Å². The van der Waals surface area contributed by atoms with E-state index in [9.17, 15) is 9.18 Å². The van der Waals surface area contributed by atoms with Gasteiger partial charge in [-0.25, -0.2) is 15.2 Å². The summed E-state index contributed by atoms with van der Waals surface area (Å²) < 4.78 is 14.9. The zero-order chi connectivity index (χ0) is 25.7. The number of hydrazine groups is 1. The number of benzene rings is 2. The molecule has 2 aromatic carbocycles. The molecule has 10 heteroatoms. The molecule has 1 saturated heterocycles. The summed E-state index contributed by atoms with van der Waals surface area (Å²) in [4.78, 5) is 25.5. The van der Waals surface area contributed by atoms with Crippen LogP contribution in [0, 0.1) is 12.7 Å². The summed E-state index contributed by atoms with van der Waals surface area (Å²) in [7, 11) is 2.07. The minimum absolute atomic E-state index is 0.223. The predicted molar refractivity (Wildman–Crippen MR) is 141 cm³/mol. The Morgan fingerprint density at radius 3 is 2.44 bits per heavy atom. The fourth-order valence-electron chi connectivity index (χ4n) is 3.99.